The van der Waals surface area contributed by atoms with Gasteiger partial charge in [-0.3, -0.25) is 4.57 Å². The van der Waals surface area contributed by atoms with Crippen LogP contribution in [0.2, 0.25) is 0 Å². The van der Waals surface area contributed by atoms with Gasteiger partial charge in [0, 0.05) is 37.2 Å². The van der Waals surface area contributed by atoms with E-state index in [1.54, 1.807) is 18.9 Å². The van der Waals surface area contributed by atoms with E-state index >= 15 is 0 Å². The standard InChI is InChI=1S/C14H23N3O2S/c1-16(2)7-8-17-12-6-4-5-11(12)13(15-14(17)18)20-10-9-19-3/h4-10H2,1-3H3. The SMILES string of the molecule is COCCSc1nc(=O)n(CCN(C)C)c2c1CCC2. The lowest BCUT2D eigenvalue weighted by Crippen LogP contribution is -2.31. The maximum Gasteiger partial charge on any atom is 0.348 e. The molecule has 20 heavy (non-hydrogen) atoms. The minimum atomic E-state index is -0.104. The highest BCUT2D eigenvalue weighted by atomic mass is 32.2. The zero-order chi connectivity index (χ0) is 14.5. The summed E-state index contributed by atoms with van der Waals surface area (Å²) in [6.45, 7) is 2.28. The van der Waals surface area contributed by atoms with E-state index in [4.69, 9.17) is 4.74 Å². The number of ether oxygens (including phenoxy) is 1. The molecule has 0 spiro atoms. The molecule has 1 aromatic heterocycles. The van der Waals surface area contributed by atoms with Crippen molar-refractivity contribution >= 4 is 11.8 Å². The highest BCUT2D eigenvalue weighted by Gasteiger charge is 2.21. The van der Waals surface area contributed by atoms with E-state index in [-0.39, 0.29) is 5.69 Å². The van der Waals surface area contributed by atoms with Crippen LogP contribution in [0.15, 0.2) is 9.82 Å². The summed E-state index contributed by atoms with van der Waals surface area (Å²) in [5, 5.41) is 0.917. The van der Waals surface area contributed by atoms with Crippen LogP contribution in [-0.2, 0) is 24.1 Å². The molecule has 1 heterocycles. The summed E-state index contributed by atoms with van der Waals surface area (Å²) < 4.78 is 6.93. The molecule has 0 N–H and O–H groups in total. The lowest BCUT2D eigenvalue weighted by atomic mass is 10.2. The van der Waals surface area contributed by atoms with Crippen molar-refractivity contribution in [1.82, 2.24) is 14.5 Å². The second-order valence-electron chi connectivity index (χ2n) is 5.27. The Hall–Kier alpha value is -0.850. The summed E-state index contributed by atoms with van der Waals surface area (Å²) in [5.74, 6) is 0.844. The van der Waals surface area contributed by atoms with Crippen LogP contribution < -0.4 is 5.69 Å². The van der Waals surface area contributed by atoms with Gasteiger partial charge in [-0.05, 0) is 33.4 Å². The topological polar surface area (TPSA) is 47.4 Å². The molecule has 0 radical (unpaired) electrons. The molecule has 1 aliphatic carbocycles. The molecule has 0 fully saturated rings. The van der Waals surface area contributed by atoms with Gasteiger partial charge in [-0.25, -0.2) is 4.79 Å². The van der Waals surface area contributed by atoms with Crippen molar-refractivity contribution in [2.24, 2.45) is 0 Å². The number of hydrogen-bond donors (Lipinski definition) is 0. The van der Waals surface area contributed by atoms with Crippen LogP contribution in [0, 0.1) is 0 Å². The van der Waals surface area contributed by atoms with Crippen molar-refractivity contribution in [3.8, 4) is 0 Å². The fraction of sp³-hybridized carbons (Fsp3) is 0.714. The van der Waals surface area contributed by atoms with E-state index in [0.29, 0.717) is 6.61 Å². The Morgan fingerprint density at radius 1 is 1.40 bits per heavy atom. The largest absolute Gasteiger partial charge is 0.384 e. The molecule has 0 atom stereocenters. The molecule has 1 aliphatic rings. The van der Waals surface area contributed by atoms with E-state index < -0.39 is 0 Å². The molecule has 0 amide bonds. The third kappa shape index (κ3) is 3.62. The third-order valence-corrected chi connectivity index (χ3v) is 4.48. The van der Waals surface area contributed by atoms with Crippen molar-refractivity contribution in [2.45, 2.75) is 30.8 Å². The van der Waals surface area contributed by atoms with Gasteiger partial charge in [-0.1, -0.05) is 0 Å². The molecule has 1 aromatic rings. The molecule has 6 heteroatoms. The van der Waals surface area contributed by atoms with Crippen LogP contribution in [0.4, 0.5) is 0 Å². The summed E-state index contributed by atoms with van der Waals surface area (Å²) in [6.07, 6.45) is 3.17. The Kier molecular flexibility index (Phi) is 5.63. The summed E-state index contributed by atoms with van der Waals surface area (Å²) in [7, 11) is 5.74. The van der Waals surface area contributed by atoms with Gasteiger partial charge in [0.1, 0.15) is 5.03 Å². The summed E-state index contributed by atoms with van der Waals surface area (Å²) >= 11 is 1.64. The minimum absolute atomic E-state index is 0.104. The van der Waals surface area contributed by atoms with Crippen LogP contribution in [-0.4, -0.2) is 54.6 Å². The number of aromatic nitrogens is 2. The van der Waals surface area contributed by atoms with Crippen LogP contribution in [0.25, 0.3) is 0 Å². The van der Waals surface area contributed by atoms with Crippen molar-refractivity contribution in [3.05, 3.63) is 21.7 Å². The van der Waals surface area contributed by atoms with E-state index in [0.717, 1.165) is 43.1 Å². The molecule has 0 unspecified atom stereocenters. The monoisotopic (exact) mass is 297 g/mol. The molecule has 0 aliphatic heterocycles. The molecular weight excluding hydrogens is 274 g/mol. The lowest BCUT2D eigenvalue weighted by molar-refractivity contribution is 0.218. The number of thioether (sulfide) groups is 1. The van der Waals surface area contributed by atoms with Crippen molar-refractivity contribution in [3.63, 3.8) is 0 Å². The first-order chi connectivity index (χ1) is 9.63. The lowest BCUT2D eigenvalue weighted by Gasteiger charge is -2.16. The van der Waals surface area contributed by atoms with E-state index in [1.165, 1.54) is 11.3 Å². The normalized spacial score (nSPS) is 14.0. The van der Waals surface area contributed by atoms with E-state index in [1.807, 2.05) is 18.7 Å². The van der Waals surface area contributed by atoms with Gasteiger partial charge in [0.15, 0.2) is 0 Å². The predicted octanol–water partition coefficient (Wildman–Crippen LogP) is 1.03. The number of likely N-dealkylation sites (N-methyl/N-ethyl adjacent to an activating group) is 1. The molecule has 0 saturated carbocycles. The highest BCUT2D eigenvalue weighted by molar-refractivity contribution is 7.99. The van der Waals surface area contributed by atoms with E-state index in [2.05, 4.69) is 9.88 Å². The van der Waals surface area contributed by atoms with Gasteiger partial charge in [-0.15, -0.1) is 11.8 Å². The Labute approximate surface area is 124 Å². The fourth-order valence-electron chi connectivity index (χ4n) is 2.46. The van der Waals surface area contributed by atoms with Crippen molar-refractivity contribution in [1.29, 1.82) is 0 Å². The Morgan fingerprint density at radius 2 is 2.20 bits per heavy atom. The number of rotatable bonds is 7. The quantitative estimate of drug-likeness (QED) is 0.427. The first-order valence-electron chi connectivity index (χ1n) is 7.02. The average Bonchev–Trinajstić information content (AvgIpc) is 2.87. The van der Waals surface area contributed by atoms with E-state index in [9.17, 15) is 4.79 Å². The van der Waals surface area contributed by atoms with Crippen molar-refractivity contribution in [2.75, 3.05) is 40.1 Å². The molecular formula is C14H23N3O2S. The predicted molar refractivity (Wildman–Crippen MR) is 81.7 cm³/mol. The van der Waals surface area contributed by atoms with Crippen LogP contribution in [0.5, 0.6) is 0 Å². The zero-order valence-electron chi connectivity index (χ0n) is 12.5. The molecule has 112 valence electrons. The fourth-order valence-corrected chi connectivity index (χ4v) is 3.44. The maximum atomic E-state index is 12.2. The van der Waals surface area contributed by atoms with Crippen LogP contribution in [0.1, 0.15) is 17.7 Å². The average molecular weight is 297 g/mol. The molecule has 0 aromatic carbocycles. The zero-order valence-corrected chi connectivity index (χ0v) is 13.3. The van der Waals surface area contributed by atoms with Gasteiger partial charge in [-0.2, -0.15) is 4.98 Å². The molecule has 2 rings (SSSR count). The number of nitrogens with zero attached hydrogens (tertiary/aromatic N) is 3. The molecule has 0 saturated heterocycles. The second-order valence-corrected chi connectivity index (χ2v) is 6.36. The van der Waals surface area contributed by atoms with Gasteiger partial charge >= 0.3 is 5.69 Å². The summed E-state index contributed by atoms with van der Waals surface area (Å²) in [6, 6.07) is 0. The highest BCUT2D eigenvalue weighted by Crippen LogP contribution is 2.28. The van der Waals surface area contributed by atoms with Crippen LogP contribution >= 0.6 is 11.8 Å². The first kappa shape index (κ1) is 15.5. The maximum absolute atomic E-state index is 12.2. The number of hydrogen-bond acceptors (Lipinski definition) is 5. The number of methoxy groups -OCH3 is 1. The second kappa shape index (κ2) is 7.24. The Morgan fingerprint density at radius 3 is 2.90 bits per heavy atom. The third-order valence-electron chi connectivity index (χ3n) is 3.50. The van der Waals surface area contributed by atoms with Crippen molar-refractivity contribution < 1.29 is 4.74 Å². The summed E-state index contributed by atoms with van der Waals surface area (Å²) in [4.78, 5) is 18.6. The van der Waals surface area contributed by atoms with Gasteiger partial charge in [0.25, 0.3) is 0 Å². The summed E-state index contributed by atoms with van der Waals surface area (Å²) in [5.41, 5.74) is 2.38. The van der Waals surface area contributed by atoms with Gasteiger partial charge in [0.2, 0.25) is 0 Å². The Balaban J connectivity index is 2.23. The molecule has 5 nitrogen and oxygen atoms in total. The number of fused-ring (bicyclic) bond motifs is 1. The Bertz CT molecular complexity index is 514. The first-order valence-corrected chi connectivity index (χ1v) is 8.01. The van der Waals surface area contributed by atoms with Crippen LogP contribution in [0.3, 0.4) is 0 Å². The van der Waals surface area contributed by atoms with Gasteiger partial charge < -0.3 is 9.64 Å². The van der Waals surface area contributed by atoms with Gasteiger partial charge in [0.05, 0.1) is 6.61 Å². The smallest absolute Gasteiger partial charge is 0.348 e. The molecule has 0 bridgehead atoms. The minimum Gasteiger partial charge on any atom is -0.384 e.